The van der Waals surface area contributed by atoms with Crippen LogP contribution in [-0.2, 0) is 9.59 Å². The van der Waals surface area contributed by atoms with Gasteiger partial charge in [-0.15, -0.1) is 0 Å². The SMILES string of the molecule is Cc1ccc(NC(=O)CC(=O)Nc2ccccc2C(C)C)c(Br)c1. The summed E-state index contributed by atoms with van der Waals surface area (Å²) < 4.78 is 0.793. The van der Waals surface area contributed by atoms with Crippen molar-refractivity contribution in [3.05, 3.63) is 58.1 Å². The first-order chi connectivity index (χ1) is 11.4. The summed E-state index contributed by atoms with van der Waals surface area (Å²) in [4.78, 5) is 24.2. The Morgan fingerprint density at radius 2 is 1.62 bits per heavy atom. The molecule has 2 aromatic rings. The van der Waals surface area contributed by atoms with Crippen LogP contribution in [0.25, 0.3) is 0 Å². The highest BCUT2D eigenvalue weighted by Crippen LogP contribution is 2.25. The molecule has 0 spiro atoms. The maximum Gasteiger partial charge on any atom is 0.233 e. The summed E-state index contributed by atoms with van der Waals surface area (Å²) in [5, 5.41) is 5.57. The molecule has 0 bridgehead atoms. The van der Waals surface area contributed by atoms with Crippen molar-refractivity contribution in [3.63, 3.8) is 0 Å². The van der Waals surface area contributed by atoms with Crippen LogP contribution in [0.2, 0.25) is 0 Å². The molecule has 2 N–H and O–H groups in total. The van der Waals surface area contributed by atoms with Crippen molar-refractivity contribution in [1.29, 1.82) is 0 Å². The van der Waals surface area contributed by atoms with Crippen LogP contribution in [0.4, 0.5) is 11.4 Å². The van der Waals surface area contributed by atoms with Gasteiger partial charge in [-0.05, 0) is 58.1 Å². The van der Waals surface area contributed by atoms with Crippen LogP contribution in [0.15, 0.2) is 46.9 Å². The summed E-state index contributed by atoms with van der Waals surface area (Å²) >= 11 is 3.41. The maximum atomic E-state index is 12.1. The van der Waals surface area contributed by atoms with E-state index in [1.54, 1.807) is 0 Å². The van der Waals surface area contributed by atoms with Gasteiger partial charge in [-0.3, -0.25) is 9.59 Å². The van der Waals surface area contributed by atoms with E-state index in [2.05, 4.69) is 40.4 Å². The molecule has 2 aromatic carbocycles. The van der Waals surface area contributed by atoms with Crippen molar-refractivity contribution in [3.8, 4) is 0 Å². The molecular formula is C19H21BrN2O2. The normalized spacial score (nSPS) is 10.5. The molecule has 5 heteroatoms. The summed E-state index contributed by atoms with van der Waals surface area (Å²) in [5.74, 6) is -0.387. The number of halogens is 1. The van der Waals surface area contributed by atoms with Crippen molar-refractivity contribution in [1.82, 2.24) is 0 Å². The molecule has 4 nitrogen and oxygen atoms in total. The molecule has 126 valence electrons. The first-order valence-corrected chi connectivity index (χ1v) is 8.61. The van der Waals surface area contributed by atoms with Gasteiger partial charge < -0.3 is 10.6 Å². The molecule has 24 heavy (non-hydrogen) atoms. The first kappa shape index (κ1) is 18.2. The van der Waals surface area contributed by atoms with Crippen LogP contribution < -0.4 is 10.6 Å². The zero-order valence-corrected chi connectivity index (χ0v) is 15.6. The number of para-hydroxylation sites is 1. The van der Waals surface area contributed by atoms with Gasteiger partial charge in [0.2, 0.25) is 11.8 Å². The van der Waals surface area contributed by atoms with E-state index in [1.807, 2.05) is 49.4 Å². The summed E-state index contributed by atoms with van der Waals surface area (Å²) in [6.45, 7) is 6.09. The molecule has 0 radical (unpaired) electrons. The smallest absolute Gasteiger partial charge is 0.233 e. The zero-order valence-electron chi connectivity index (χ0n) is 14.0. The van der Waals surface area contributed by atoms with E-state index >= 15 is 0 Å². The maximum absolute atomic E-state index is 12.1. The molecule has 0 aliphatic carbocycles. The standard InChI is InChI=1S/C19H21BrN2O2/c1-12(2)14-6-4-5-7-16(14)21-18(23)11-19(24)22-17-9-8-13(3)10-15(17)20/h4-10,12H,11H2,1-3H3,(H,21,23)(H,22,24). The van der Waals surface area contributed by atoms with Crippen LogP contribution in [0, 0.1) is 6.92 Å². The molecule has 0 aliphatic heterocycles. The van der Waals surface area contributed by atoms with Gasteiger partial charge in [0, 0.05) is 10.2 Å². The molecule has 0 aromatic heterocycles. The number of hydrogen-bond donors (Lipinski definition) is 2. The van der Waals surface area contributed by atoms with Crippen molar-refractivity contribution in [2.75, 3.05) is 10.6 Å². The van der Waals surface area contributed by atoms with Crippen LogP contribution >= 0.6 is 15.9 Å². The zero-order chi connectivity index (χ0) is 17.7. The predicted molar refractivity (Wildman–Crippen MR) is 101 cm³/mol. The van der Waals surface area contributed by atoms with E-state index in [0.717, 1.165) is 21.3 Å². The summed E-state index contributed by atoms with van der Waals surface area (Å²) in [7, 11) is 0. The van der Waals surface area contributed by atoms with Gasteiger partial charge in [0.15, 0.2) is 0 Å². The molecule has 0 atom stereocenters. The molecule has 0 heterocycles. The van der Waals surface area contributed by atoms with Gasteiger partial charge in [0.1, 0.15) is 6.42 Å². The Hall–Kier alpha value is -2.14. The monoisotopic (exact) mass is 388 g/mol. The number of hydrogen-bond acceptors (Lipinski definition) is 2. The number of rotatable bonds is 5. The fourth-order valence-electron chi connectivity index (χ4n) is 2.37. The quantitative estimate of drug-likeness (QED) is 0.719. The van der Waals surface area contributed by atoms with Gasteiger partial charge in [-0.1, -0.05) is 38.1 Å². The summed E-state index contributed by atoms with van der Waals surface area (Å²) in [6, 6.07) is 13.3. The third kappa shape index (κ3) is 4.93. The minimum absolute atomic E-state index is 0.229. The lowest BCUT2D eigenvalue weighted by molar-refractivity contribution is -0.123. The number of carbonyl (C=O) groups is 2. The highest BCUT2D eigenvalue weighted by molar-refractivity contribution is 9.10. The molecular weight excluding hydrogens is 368 g/mol. The van der Waals surface area contributed by atoms with Crippen LogP contribution in [-0.4, -0.2) is 11.8 Å². The second-order valence-electron chi connectivity index (χ2n) is 6.00. The Balaban J connectivity index is 1.98. The van der Waals surface area contributed by atoms with E-state index < -0.39 is 0 Å². The van der Waals surface area contributed by atoms with Gasteiger partial charge in [0.25, 0.3) is 0 Å². The Bertz CT molecular complexity index is 757. The van der Waals surface area contributed by atoms with Gasteiger partial charge in [-0.2, -0.15) is 0 Å². The highest BCUT2D eigenvalue weighted by atomic mass is 79.9. The van der Waals surface area contributed by atoms with E-state index in [1.165, 1.54) is 0 Å². The Morgan fingerprint density at radius 3 is 2.25 bits per heavy atom. The third-order valence-electron chi connectivity index (χ3n) is 3.58. The number of nitrogens with one attached hydrogen (secondary N) is 2. The lowest BCUT2D eigenvalue weighted by Gasteiger charge is -2.13. The molecule has 0 aliphatic rings. The molecule has 0 saturated carbocycles. The van der Waals surface area contributed by atoms with E-state index in [-0.39, 0.29) is 18.2 Å². The van der Waals surface area contributed by atoms with Crippen molar-refractivity contribution < 1.29 is 9.59 Å². The topological polar surface area (TPSA) is 58.2 Å². The molecule has 0 unspecified atom stereocenters. The van der Waals surface area contributed by atoms with Gasteiger partial charge in [-0.25, -0.2) is 0 Å². The lowest BCUT2D eigenvalue weighted by Crippen LogP contribution is -2.22. The van der Waals surface area contributed by atoms with Gasteiger partial charge >= 0.3 is 0 Å². The number of amides is 2. The highest BCUT2D eigenvalue weighted by Gasteiger charge is 2.13. The van der Waals surface area contributed by atoms with E-state index in [4.69, 9.17) is 0 Å². The van der Waals surface area contributed by atoms with Crippen LogP contribution in [0.1, 0.15) is 37.3 Å². The Labute approximate surface area is 150 Å². The number of anilines is 2. The minimum atomic E-state index is -0.348. The lowest BCUT2D eigenvalue weighted by atomic mass is 10.0. The van der Waals surface area contributed by atoms with E-state index in [9.17, 15) is 9.59 Å². The average molecular weight is 389 g/mol. The Morgan fingerprint density at radius 1 is 1.00 bits per heavy atom. The molecule has 2 rings (SSSR count). The second kappa shape index (κ2) is 8.11. The predicted octanol–water partition coefficient (Wildman–Crippen LogP) is 4.85. The van der Waals surface area contributed by atoms with Crippen molar-refractivity contribution in [2.45, 2.75) is 33.1 Å². The fraction of sp³-hybridized carbons (Fsp3) is 0.263. The fourth-order valence-corrected chi connectivity index (χ4v) is 2.96. The second-order valence-corrected chi connectivity index (χ2v) is 6.85. The first-order valence-electron chi connectivity index (χ1n) is 7.81. The number of carbonyl (C=O) groups excluding carboxylic acids is 2. The van der Waals surface area contributed by atoms with E-state index in [0.29, 0.717) is 11.6 Å². The summed E-state index contributed by atoms with van der Waals surface area (Å²) in [5.41, 5.74) is 3.54. The van der Waals surface area contributed by atoms with Crippen molar-refractivity contribution in [2.24, 2.45) is 0 Å². The minimum Gasteiger partial charge on any atom is -0.325 e. The number of benzene rings is 2. The molecule has 0 fully saturated rings. The van der Waals surface area contributed by atoms with Crippen LogP contribution in [0.3, 0.4) is 0 Å². The Kier molecular flexibility index (Phi) is 6.15. The third-order valence-corrected chi connectivity index (χ3v) is 4.23. The molecule has 2 amide bonds. The largest absolute Gasteiger partial charge is 0.325 e. The van der Waals surface area contributed by atoms with Crippen molar-refractivity contribution >= 4 is 39.1 Å². The van der Waals surface area contributed by atoms with Crippen LogP contribution in [0.5, 0.6) is 0 Å². The van der Waals surface area contributed by atoms with Gasteiger partial charge in [0.05, 0.1) is 5.69 Å². The average Bonchev–Trinajstić information content (AvgIpc) is 2.50. The molecule has 0 saturated heterocycles. The summed E-state index contributed by atoms with van der Waals surface area (Å²) in [6.07, 6.45) is -0.229. The number of aryl methyl sites for hydroxylation is 1.